The lowest BCUT2D eigenvalue weighted by Crippen LogP contribution is -2.92. The molecule has 0 saturated heterocycles. The molecule has 2 atom stereocenters. The molecule has 1 aliphatic carbocycles. The van der Waals surface area contributed by atoms with Crippen molar-refractivity contribution in [2.45, 2.75) is 38.3 Å². The zero-order chi connectivity index (χ0) is 16.2. The Morgan fingerprint density at radius 2 is 1.96 bits per heavy atom. The summed E-state index contributed by atoms with van der Waals surface area (Å²) in [5.74, 6) is 0.0513. The topological polar surface area (TPSA) is 45.7 Å². The number of benzene rings is 2. The number of halogens is 1. The second-order valence-corrected chi connectivity index (χ2v) is 7.09. The molecule has 0 unspecified atom stereocenters. The van der Waals surface area contributed by atoms with Gasteiger partial charge in [0.1, 0.15) is 6.04 Å². The lowest BCUT2D eigenvalue weighted by Gasteiger charge is -2.26. The minimum Gasteiger partial charge on any atom is -0.330 e. The number of aryl methyl sites for hydroxylation is 1. The Balaban J connectivity index is 1.64. The van der Waals surface area contributed by atoms with Crippen LogP contribution in [0.2, 0.25) is 0 Å². The molecular formula is C19H22BrN2O+. The highest BCUT2D eigenvalue weighted by molar-refractivity contribution is 9.10. The predicted molar refractivity (Wildman–Crippen MR) is 96.3 cm³/mol. The summed E-state index contributed by atoms with van der Waals surface area (Å²) in [4.78, 5) is 12.4. The van der Waals surface area contributed by atoms with E-state index in [4.69, 9.17) is 0 Å². The van der Waals surface area contributed by atoms with Crippen LogP contribution in [0.4, 0.5) is 5.69 Å². The van der Waals surface area contributed by atoms with Crippen LogP contribution in [0.3, 0.4) is 0 Å². The number of fused-ring (bicyclic) bond motifs is 1. The average molecular weight is 374 g/mol. The molecule has 23 heavy (non-hydrogen) atoms. The summed E-state index contributed by atoms with van der Waals surface area (Å²) in [6.45, 7) is 1.98. The lowest BCUT2D eigenvalue weighted by molar-refractivity contribution is -0.714. The molecule has 0 radical (unpaired) electrons. The van der Waals surface area contributed by atoms with E-state index in [1.54, 1.807) is 0 Å². The number of anilines is 1. The van der Waals surface area contributed by atoms with Gasteiger partial charge in [-0.25, -0.2) is 0 Å². The SMILES string of the molecule is C[C@H]([NH2+][C@@H]1CCCc2ccccc21)C(=O)Nc1ccc(Br)cc1. The Bertz CT molecular complexity index is 684. The van der Waals surface area contributed by atoms with Crippen molar-refractivity contribution in [1.82, 2.24) is 0 Å². The Labute approximate surface area is 145 Å². The first kappa shape index (κ1) is 16.2. The molecule has 3 nitrogen and oxygen atoms in total. The molecule has 3 rings (SSSR count). The standard InChI is InChI=1S/C19H21BrN2O/c1-13(19(23)22-16-11-9-15(20)10-12-16)21-18-8-4-6-14-5-2-3-7-17(14)18/h2-3,5,7,9-13,18,21H,4,6,8H2,1H3,(H,22,23)/p+1/t13-,18+/m0/s1. The van der Waals surface area contributed by atoms with Gasteiger partial charge in [-0.2, -0.15) is 0 Å². The number of carbonyl (C=O) groups is 1. The number of amides is 1. The fraction of sp³-hybridized carbons (Fsp3) is 0.316. The molecule has 2 aromatic carbocycles. The third kappa shape index (κ3) is 4.01. The maximum atomic E-state index is 12.4. The van der Waals surface area contributed by atoms with E-state index in [2.05, 4.69) is 50.8 Å². The Hall–Kier alpha value is -1.65. The molecule has 0 heterocycles. The summed E-state index contributed by atoms with van der Waals surface area (Å²) < 4.78 is 1.01. The highest BCUT2D eigenvalue weighted by atomic mass is 79.9. The largest absolute Gasteiger partial charge is 0.330 e. The maximum Gasteiger partial charge on any atom is 0.282 e. The van der Waals surface area contributed by atoms with Crippen LogP contribution in [0.15, 0.2) is 53.0 Å². The van der Waals surface area contributed by atoms with Gasteiger partial charge in [-0.15, -0.1) is 0 Å². The summed E-state index contributed by atoms with van der Waals surface area (Å²) in [5.41, 5.74) is 3.66. The number of hydrogen-bond acceptors (Lipinski definition) is 1. The number of nitrogens with two attached hydrogens (primary N) is 1. The molecule has 0 aliphatic heterocycles. The van der Waals surface area contributed by atoms with Crippen LogP contribution < -0.4 is 10.6 Å². The fourth-order valence-corrected chi connectivity index (χ4v) is 3.48. The van der Waals surface area contributed by atoms with Crippen molar-refractivity contribution < 1.29 is 10.1 Å². The van der Waals surface area contributed by atoms with Crippen LogP contribution in [0.25, 0.3) is 0 Å². The van der Waals surface area contributed by atoms with Crippen molar-refractivity contribution in [2.75, 3.05) is 5.32 Å². The van der Waals surface area contributed by atoms with E-state index in [0.717, 1.165) is 23.0 Å². The molecule has 1 amide bonds. The number of nitrogens with one attached hydrogen (secondary N) is 1. The Morgan fingerprint density at radius 3 is 2.74 bits per heavy atom. The highest BCUT2D eigenvalue weighted by Crippen LogP contribution is 2.26. The summed E-state index contributed by atoms with van der Waals surface area (Å²) in [6.07, 6.45) is 3.48. The van der Waals surface area contributed by atoms with E-state index in [0.29, 0.717) is 6.04 Å². The molecule has 4 heteroatoms. The summed E-state index contributed by atoms with van der Waals surface area (Å²) in [6, 6.07) is 16.6. The predicted octanol–water partition coefficient (Wildman–Crippen LogP) is 3.42. The molecule has 0 spiro atoms. The number of hydrogen-bond donors (Lipinski definition) is 2. The van der Waals surface area contributed by atoms with E-state index in [1.807, 2.05) is 31.2 Å². The van der Waals surface area contributed by atoms with E-state index >= 15 is 0 Å². The first-order valence-electron chi connectivity index (χ1n) is 8.12. The van der Waals surface area contributed by atoms with Gasteiger partial charge in [0, 0.05) is 22.1 Å². The molecular weight excluding hydrogens is 352 g/mol. The van der Waals surface area contributed by atoms with Gasteiger partial charge in [0.2, 0.25) is 0 Å². The van der Waals surface area contributed by atoms with E-state index < -0.39 is 0 Å². The lowest BCUT2D eigenvalue weighted by atomic mass is 9.87. The van der Waals surface area contributed by atoms with Crippen molar-refractivity contribution >= 4 is 27.5 Å². The van der Waals surface area contributed by atoms with Crippen LogP contribution in [0.5, 0.6) is 0 Å². The maximum absolute atomic E-state index is 12.4. The average Bonchev–Trinajstić information content (AvgIpc) is 2.57. The zero-order valence-corrected chi connectivity index (χ0v) is 14.8. The molecule has 0 bridgehead atoms. The van der Waals surface area contributed by atoms with Gasteiger partial charge in [0.15, 0.2) is 6.04 Å². The molecule has 2 aromatic rings. The minimum atomic E-state index is -0.116. The molecule has 1 aliphatic rings. The van der Waals surface area contributed by atoms with Crippen LogP contribution in [0.1, 0.15) is 36.9 Å². The molecule has 120 valence electrons. The first-order chi connectivity index (χ1) is 11.1. The van der Waals surface area contributed by atoms with E-state index in [-0.39, 0.29) is 11.9 Å². The van der Waals surface area contributed by atoms with Gasteiger partial charge in [-0.3, -0.25) is 4.79 Å². The van der Waals surface area contributed by atoms with Gasteiger partial charge in [0.05, 0.1) is 0 Å². The van der Waals surface area contributed by atoms with E-state index in [1.165, 1.54) is 17.5 Å². The second kappa shape index (κ2) is 7.28. The summed E-state index contributed by atoms with van der Waals surface area (Å²) in [7, 11) is 0. The van der Waals surface area contributed by atoms with Gasteiger partial charge in [-0.05, 0) is 49.6 Å². The van der Waals surface area contributed by atoms with Crippen LogP contribution in [-0.2, 0) is 11.2 Å². The first-order valence-corrected chi connectivity index (χ1v) is 8.92. The van der Waals surface area contributed by atoms with Crippen molar-refractivity contribution in [2.24, 2.45) is 0 Å². The Morgan fingerprint density at radius 1 is 1.22 bits per heavy atom. The number of carbonyl (C=O) groups excluding carboxylic acids is 1. The highest BCUT2D eigenvalue weighted by Gasteiger charge is 2.27. The van der Waals surface area contributed by atoms with Crippen LogP contribution >= 0.6 is 15.9 Å². The zero-order valence-electron chi connectivity index (χ0n) is 13.3. The molecule has 0 aromatic heterocycles. The van der Waals surface area contributed by atoms with Crippen molar-refractivity contribution in [3.63, 3.8) is 0 Å². The van der Waals surface area contributed by atoms with Gasteiger partial charge >= 0.3 is 0 Å². The van der Waals surface area contributed by atoms with Crippen molar-refractivity contribution in [3.8, 4) is 0 Å². The van der Waals surface area contributed by atoms with E-state index in [9.17, 15) is 4.79 Å². The van der Waals surface area contributed by atoms with Gasteiger partial charge in [-0.1, -0.05) is 40.2 Å². The fourth-order valence-electron chi connectivity index (χ4n) is 3.22. The van der Waals surface area contributed by atoms with Gasteiger partial charge < -0.3 is 10.6 Å². The number of rotatable bonds is 4. The smallest absolute Gasteiger partial charge is 0.282 e. The quantitative estimate of drug-likeness (QED) is 0.847. The van der Waals surface area contributed by atoms with Crippen molar-refractivity contribution in [1.29, 1.82) is 0 Å². The number of quaternary nitrogens is 1. The van der Waals surface area contributed by atoms with Crippen molar-refractivity contribution in [3.05, 3.63) is 64.1 Å². The molecule has 0 fully saturated rings. The second-order valence-electron chi connectivity index (χ2n) is 6.17. The van der Waals surface area contributed by atoms with Crippen LogP contribution in [0, 0.1) is 0 Å². The monoisotopic (exact) mass is 373 g/mol. The summed E-state index contributed by atoms with van der Waals surface area (Å²) >= 11 is 3.40. The summed E-state index contributed by atoms with van der Waals surface area (Å²) in [5, 5.41) is 5.19. The minimum absolute atomic E-state index is 0.0513. The molecule has 0 saturated carbocycles. The van der Waals surface area contributed by atoms with Gasteiger partial charge in [0.25, 0.3) is 5.91 Å². The Kier molecular flexibility index (Phi) is 5.13. The third-order valence-electron chi connectivity index (χ3n) is 4.46. The normalized spacial score (nSPS) is 18.1. The van der Waals surface area contributed by atoms with Crippen LogP contribution in [-0.4, -0.2) is 11.9 Å². The third-order valence-corrected chi connectivity index (χ3v) is 4.99. The molecule has 3 N–H and O–H groups in total.